The first kappa shape index (κ1) is 10.7. The molecule has 0 bridgehead atoms. The molecule has 0 amide bonds. The van der Waals surface area contributed by atoms with Gasteiger partial charge in [-0.15, -0.1) is 0 Å². The maximum atomic E-state index is 6.16. The van der Waals surface area contributed by atoms with Crippen LogP contribution in [0.3, 0.4) is 0 Å². The lowest BCUT2D eigenvalue weighted by atomic mass is 9.95. The molecule has 0 saturated heterocycles. The van der Waals surface area contributed by atoms with Gasteiger partial charge in [-0.05, 0) is 24.3 Å². The minimum Gasteiger partial charge on any atom is -0.327 e. The van der Waals surface area contributed by atoms with E-state index in [1.807, 2.05) is 17.9 Å². The lowest BCUT2D eigenvalue weighted by molar-refractivity contribution is 0.440. The van der Waals surface area contributed by atoms with E-state index in [1.165, 1.54) is 37.7 Å². The zero-order valence-electron chi connectivity index (χ0n) is 9.52. The Morgan fingerprint density at radius 1 is 1.53 bits per heavy atom. The Balaban J connectivity index is 1.78. The Morgan fingerprint density at radius 3 is 2.87 bits per heavy atom. The van der Waals surface area contributed by atoms with Gasteiger partial charge in [0, 0.05) is 19.3 Å². The highest BCUT2D eigenvalue weighted by Crippen LogP contribution is 2.28. The second-order valence-corrected chi connectivity index (χ2v) is 4.87. The third-order valence-electron chi connectivity index (χ3n) is 3.37. The van der Waals surface area contributed by atoms with E-state index in [1.54, 1.807) is 0 Å². The van der Waals surface area contributed by atoms with Crippen LogP contribution in [-0.2, 0) is 13.5 Å². The largest absolute Gasteiger partial charge is 0.327 e. The van der Waals surface area contributed by atoms with Gasteiger partial charge in [-0.2, -0.15) is 5.10 Å². The highest BCUT2D eigenvalue weighted by Gasteiger charge is 2.18. The van der Waals surface area contributed by atoms with Crippen LogP contribution in [0.4, 0.5) is 0 Å². The second kappa shape index (κ2) is 4.79. The molecule has 0 aromatic carbocycles. The van der Waals surface area contributed by atoms with Gasteiger partial charge in [-0.1, -0.05) is 25.7 Å². The SMILES string of the molecule is Cn1cc(CC(N)CC2CCCC2)cn1. The van der Waals surface area contributed by atoms with Gasteiger partial charge in [0.1, 0.15) is 0 Å². The molecule has 0 aliphatic heterocycles. The molecular weight excluding hydrogens is 186 g/mol. The van der Waals surface area contributed by atoms with E-state index >= 15 is 0 Å². The van der Waals surface area contributed by atoms with E-state index in [0.29, 0.717) is 6.04 Å². The summed E-state index contributed by atoms with van der Waals surface area (Å²) in [5, 5.41) is 4.16. The molecule has 2 N–H and O–H groups in total. The van der Waals surface area contributed by atoms with Gasteiger partial charge in [0.05, 0.1) is 6.20 Å². The standard InChI is InChI=1S/C12H21N3/c1-15-9-11(8-14-15)7-12(13)6-10-4-2-3-5-10/h8-10,12H,2-7,13H2,1H3. The average molecular weight is 207 g/mol. The smallest absolute Gasteiger partial charge is 0.0522 e. The topological polar surface area (TPSA) is 43.8 Å². The van der Waals surface area contributed by atoms with E-state index < -0.39 is 0 Å². The molecule has 1 unspecified atom stereocenters. The van der Waals surface area contributed by atoms with E-state index in [4.69, 9.17) is 5.73 Å². The van der Waals surface area contributed by atoms with Gasteiger partial charge in [-0.25, -0.2) is 0 Å². The summed E-state index contributed by atoms with van der Waals surface area (Å²) in [7, 11) is 1.95. The third-order valence-corrected chi connectivity index (χ3v) is 3.37. The summed E-state index contributed by atoms with van der Waals surface area (Å²) >= 11 is 0. The first-order chi connectivity index (χ1) is 7.24. The molecule has 15 heavy (non-hydrogen) atoms. The maximum absolute atomic E-state index is 6.16. The van der Waals surface area contributed by atoms with Gasteiger partial charge < -0.3 is 5.73 Å². The fraction of sp³-hybridized carbons (Fsp3) is 0.750. The van der Waals surface area contributed by atoms with Crippen molar-refractivity contribution in [2.75, 3.05) is 0 Å². The number of nitrogens with zero attached hydrogens (tertiary/aromatic N) is 2. The predicted molar refractivity (Wildman–Crippen MR) is 61.5 cm³/mol. The maximum Gasteiger partial charge on any atom is 0.0522 e. The first-order valence-electron chi connectivity index (χ1n) is 5.97. The lowest BCUT2D eigenvalue weighted by Crippen LogP contribution is -2.25. The van der Waals surface area contributed by atoms with Crippen molar-refractivity contribution in [3.05, 3.63) is 18.0 Å². The van der Waals surface area contributed by atoms with Crippen molar-refractivity contribution in [1.82, 2.24) is 9.78 Å². The van der Waals surface area contributed by atoms with Crippen LogP contribution >= 0.6 is 0 Å². The minimum absolute atomic E-state index is 0.317. The van der Waals surface area contributed by atoms with Crippen molar-refractivity contribution in [1.29, 1.82) is 0 Å². The number of rotatable bonds is 4. The van der Waals surface area contributed by atoms with Gasteiger partial charge >= 0.3 is 0 Å². The molecule has 3 nitrogen and oxygen atoms in total. The Kier molecular flexibility index (Phi) is 3.41. The fourth-order valence-corrected chi connectivity index (χ4v) is 2.64. The molecule has 1 aromatic heterocycles. The highest BCUT2D eigenvalue weighted by molar-refractivity contribution is 5.05. The van der Waals surface area contributed by atoms with Crippen molar-refractivity contribution in [3.63, 3.8) is 0 Å². The summed E-state index contributed by atoms with van der Waals surface area (Å²) in [6, 6.07) is 0.317. The number of hydrogen-bond donors (Lipinski definition) is 1. The summed E-state index contributed by atoms with van der Waals surface area (Å²) in [5.74, 6) is 0.886. The van der Waals surface area contributed by atoms with Crippen LogP contribution in [0.1, 0.15) is 37.7 Å². The normalized spacial score (nSPS) is 19.6. The molecular formula is C12H21N3. The molecule has 1 saturated carbocycles. The summed E-state index contributed by atoms with van der Waals surface area (Å²) in [4.78, 5) is 0. The number of hydrogen-bond acceptors (Lipinski definition) is 2. The molecule has 1 heterocycles. The zero-order valence-corrected chi connectivity index (χ0v) is 9.52. The highest BCUT2D eigenvalue weighted by atomic mass is 15.2. The summed E-state index contributed by atoms with van der Waals surface area (Å²) in [6.45, 7) is 0. The molecule has 2 rings (SSSR count). The summed E-state index contributed by atoms with van der Waals surface area (Å²) in [5.41, 5.74) is 7.42. The predicted octanol–water partition coefficient (Wildman–Crippen LogP) is 1.87. The quantitative estimate of drug-likeness (QED) is 0.819. The van der Waals surface area contributed by atoms with Crippen molar-refractivity contribution in [2.45, 2.75) is 44.6 Å². The van der Waals surface area contributed by atoms with Crippen LogP contribution in [0.2, 0.25) is 0 Å². The van der Waals surface area contributed by atoms with Crippen LogP contribution < -0.4 is 5.73 Å². The molecule has 1 aliphatic carbocycles. The van der Waals surface area contributed by atoms with E-state index in [2.05, 4.69) is 11.3 Å². The first-order valence-corrected chi connectivity index (χ1v) is 5.97. The average Bonchev–Trinajstić information content (AvgIpc) is 2.77. The molecule has 1 fully saturated rings. The van der Waals surface area contributed by atoms with Gasteiger partial charge in [0.25, 0.3) is 0 Å². The van der Waals surface area contributed by atoms with Crippen molar-refractivity contribution in [3.8, 4) is 0 Å². The third kappa shape index (κ3) is 3.06. The van der Waals surface area contributed by atoms with Gasteiger partial charge in [0.15, 0.2) is 0 Å². The molecule has 84 valence electrons. The Bertz CT molecular complexity index is 300. The second-order valence-electron chi connectivity index (χ2n) is 4.87. The van der Waals surface area contributed by atoms with Crippen LogP contribution in [-0.4, -0.2) is 15.8 Å². The van der Waals surface area contributed by atoms with Crippen LogP contribution in [0.5, 0.6) is 0 Å². The van der Waals surface area contributed by atoms with Crippen LogP contribution in [0, 0.1) is 5.92 Å². The molecule has 1 aromatic rings. The van der Waals surface area contributed by atoms with Crippen molar-refractivity contribution in [2.24, 2.45) is 18.7 Å². The van der Waals surface area contributed by atoms with E-state index in [-0.39, 0.29) is 0 Å². The zero-order chi connectivity index (χ0) is 10.7. The van der Waals surface area contributed by atoms with Crippen molar-refractivity contribution < 1.29 is 0 Å². The number of aryl methyl sites for hydroxylation is 1. The summed E-state index contributed by atoms with van der Waals surface area (Å²) in [6.07, 6.45) is 11.7. The Hall–Kier alpha value is -0.830. The lowest BCUT2D eigenvalue weighted by Gasteiger charge is -2.15. The summed E-state index contributed by atoms with van der Waals surface area (Å²) < 4.78 is 1.84. The van der Waals surface area contributed by atoms with E-state index in [9.17, 15) is 0 Å². The monoisotopic (exact) mass is 207 g/mol. The van der Waals surface area contributed by atoms with Gasteiger partial charge in [-0.3, -0.25) is 4.68 Å². The van der Waals surface area contributed by atoms with Crippen molar-refractivity contribution >= 4 is 0 Å². The Morgan fingerprint density at radius 2 is 2.27 bits per heavy atom. The van der Waals surface area contributed by atoms with Crippen LogP contribution in [0.15, 0.2) is 12.4 Å². The van der Waals surface area contributed by atoms with E-state index in [0.717, 1.165) is 12.3 Å². The number of aromatic nitrogens is 2. The Labute approximate surface area is 91.7 Å². The van der Waals surface area contributed by atoms with Crippen LogP contribution in [0.25, 0.3) is 0 Å². The number of nitrogens with two attached hydrogens (primary N) is 1. The van der Waals surface area contributed by atoms with Gasteiger partial charge in [0.2, 0.25) is 0 Å². The molecule has 1 aliphatic rings. The molecule has 0 radical (unpaired) electrons. The molecule has 0 spiro atoms. The fourth-order valence-electron chi connectivity index (χ4n) is 2.64. The molecule has 1 atom stereocenters. The minimum atomic E-state index is 0.317. The molecule has 3 heteroatoms.